The van der Waals surface area contributed by atoms with Gasteiger partial charge in [0, 0.05) is 19.2 Å². The number of methoxy groups -OCH3 is 1. The second kappa shape index (κ2) is 5.32. The summed E-state index contributed by atoms with van der Waals surface area (Å²) in [5.74, 6) is 0.754. The van der Waals surface area contributed by atoms with Gasteiger partial charge in [-0.25, -0.2) is 0 Å². The van der Waals surface area contributed by atoms with Gasteiger partial charge in [-0.1, -0.05) is 11.6 Å². The van der Waals surface area contributed by atoms with E-state index in [1.807, 2.05) is 32.2 Å². The highest BCUT2D eigenvalue weighted by atomic mass is 16.5. The van der Waals surface area contributed by atoms with Crippen LogP contribution in [0.1, 0.15) is 11.1 Å². The first-order chi connectivity index (χ1) is 9.08. The summed E-state index contributed by atoms with van der Waals surface area (Å²) in [5, 5.41) is 6.13. The smallest absolute Gasteiger partial charge is 0.271 e. The van der Waals surface area contributed by atoms with Crippen molar-refractivity contribution in [2.45, 2.75) is 13.5 Å². The molecule has 0 aliphatic carbocycles. The van der Waals surface area contributed by atoms with E-state index >= 15 is 0 Å². The van der Waals surface area contributed by atoms with Crippen LogP contribution in [0.4, 0.5) is 0 Å². The molecule has 2 rings (SSSR count). The molecular weight excluding hydrogens is 242 g/mol. The lowest BCUT2D eigenvalue weighted by Crippen LogP contribution is -2.19. The van der Waals surface area contributed by atoms with E-state index in [1.54, 1.807) is 14.2 Å². The molecule has 2 aromatic rings. The Hall–Kier alpha value is -2.01. The molecule has 0 radical (unpaired) electrons. The van der Waals surface area contributed by atoms with Gasteiger partial charge in [0.15, 0.2) is 0 Å². The highest BCUT2D eigenvalue weighted by Gasteiger charge is 2.16. The quantitative estimate of drug-likeness (QED) is 0.875. The second-order valence-electron chi connectivity index (χ2n) is 4.56. The normalized spacial score (nSPS) is 10.7. The van der Waals surface area contributed by atoms with Gasteiger partial charge in [-0.2, -0.15) is 0 Å². The van der Waals surface area contributed by atoms with Gasteiger partial charge >= 0.3 is 0 Å². The number of aryl methyl sites for hydroxylation is 2. The topological polar surface area (TPSA) is 59.0 Å². The molecule has 1 aromatic carbocycles. The molecule has 5 nitrogen and oxygen atoms in total. The number of H-pyrrole nitrogens is 1. The first-order valence-electron chi connectivity index (χ1n) is 6.16. The summed E-state index contributed by atoms with van der Waals surface area (Å²) in [6.45, 7) is 2.53. The van der Waals surface area contributed by atoms with Gasteiger partial charge in [0.2, 0.25) is 0 Å². The van der Waals surface area contributed by atoms with Crippen molar-refractivity contribution in [1.82, 2.24) is 15.1 Å². The highest BCUT2D eigenvalue weighted by Crippen LogP contribution is 2.30. The standard InChI is InChI=1S/C14H19N3O2/c1-9-5-6-12(19-4)10(7-9)13-11(8-15-2)14(18)17(3)16-13/h5-7,15-16H,8H2,1-4H3. The minimum Gasteiger partial charge on any atom is -0.496 e. The van der Waals surface area contributed by atoms with Crippen molar-refractivity contribution >= 4 is 0 Å². The van der Waals surface area contributed by atoms with Crippen LogP contribution in [0.15, 0.2) is 23.0 Å². The Kier molecular flexibility index (Phi) is 3.76. The van der Waals surface area contributed by atoms with Crippen molar-refractivity contribution in [2.75, 3.05) is 14.2 Å². The first kappa shape index (κ1) is 13.4. The molecule has 0 fully saturated rings. The summed E-state index contributed by atoms with van der Waals surface area (Å²) >= 11 is 0. The maximum absolute atomic E-state index is 12.1. The number of rotatable bonds is 4. The molecule has 0 aliphatic rings. The number of hydrogen-bond acceptors (Lipinski definition) is 3. The summed E-state index contributed by atoms with van der Waals surface area (Å²) in [6, 6.07) is 5.92. The Bertz CT molecular complexity index is 641. The van der Waals surface area contributed by atoms with Crippen LogP contribution in [0.5, 0.6) is 5.75 Å². The lowest BCUT2D eigenvalue weighted by molar-refractivity contribution is 0.416. The average Bonchev–Trinajstić information content (AvgIpc) is 2.67. The van der Waals surface area contributed by atoms with Crippen LogP contribution in [0.3, 0.4) is 0 Å². The zero-order valence-electron chi connectivity index (χ0n) is 11.7. The van der Waals surface area contributed by atoms with E-state index in [9.17, 15) is 4.79 Å². The molecular formula is C14H19N3O2. The molecule has 0 saturated carbocycles. The van der Waals surface area contributed by atoms with Gasteiger partial charge in [0.1, 0.15) is 5.75 Å². The monoisotopic (exact) mass is 261 g/mol. The Balaban J connectivity index is 2.67. The predicted octanol–water partition coefficient (Wildman–Crippen LogP) is 1.42. The number of hydrogen-bond donors (Lipinski definition) is 2. The molecule has 1 aromatic heterocycles. The van der Waals surface area contributed by atoms with Crippen molar-refractivity contribution in [3.05, 3.63) is 39.7 Å². The third kappa shape index (κ3) is 2.42. The number of benzene rings is 1. The Morgan fingerprint density at radius 3 is 2.79 bits per heavy atom. The largest absolute Gasteiger partial charge is 0.496 e. The predicted molar refractivity (Wildman–Crippen MR) is 75.5 cm³/mol. The maximum Gasteiger partial charge on any atom is 0.271 e. The molecule has 0 spiro atoms. The van der Waals surface area contributed by atoms with E-state index in [0.717, 1.165) is 22.6 Å². The fourth-order valence-corrected chi connectivity index (χ4v) is 2.18. The second-order valence-corrected chi connectivity index (χ2v) is 4.56. The van der Waals surface area contributed by atoms with E-state index in [1.165, 1.54) is 4.68 Å². The summed E-state index contributed by atoms with van der Waals surface area (Å²) < 4.78 is 6.88. The third-order valence-electron chi connectivity index (χ3n) is 3.12. The molecule has 0 aliphatic heterocycles. The summed E-state index contributed by atoms with van der Waals surface area (Å²) in [4.78, 5) is 12.1. The molecule has 0 bridgehead atoms. The minimum absolute atomic E-state index is 0.0205. The summed E-state index contributed by atoms with van der Waals surface area (Å²) in [6.07, 6.45) is 0. The van der Waals surface area contributed by atoms with Crippen LogP contribution in [0.25, 0.3) is 11.3 Å². The van der Waals surface area contributed by atoms with Gasteiger partial charge in [-0.15, -0.1) is 0 Å². The van der Waals surface area contributed by atoms with Gasteiger partial charge in [-0.05, 0) is 26.1 Å². The number of nitrogens with zero attached hydrogens (tertiary/aromatic N) is 1. The molecule has 1 heterocycles. The van der Waals surface area contributed by atoms with E-state index in [-0.39, 0.29) is 5.56 Å². The van der Waals surface area contributed by atoms with Crippen molar-refractivity contribution in [3.8, 4) is 17.0 Å². The van der Waals surface area contributed by atoms with Crippen molar-refractivity contribution < 1.29 is 4.74 Å². The van der Waals surface area contributed by atoms with Crippen molar-refractivity contribution in [1.29, 1.82) is 0 Å². The molecule has 19 heavy (non-hydrogen) atoms. The molecule has 0 unspecified atom stereocenters. The van der Waals surface area contributed by atoms with Gasteiger partial charge < -0.3 is 10.1 Å². The lowest BCUT2D eigenvalue weighted by atomic mass is 10.0. The van der Waals surface area contributed by atoms with Crippen LogP contribution >= 0.6 is 0 Å². The third-order valence-corrected chi connectivity index (χ3v) is 3.12. The van der Waals surface area contributed by atoms with Crippen LogP contribution in [0, 0.1) is 6.92 Å². The molecule has 0 amide bonds. The maximum atomic E-state index is 12.1. The SMILES string of the molecule is CNCc1c(-c2cc(C)ccc2OC)[nH]n(C)c1=O. The minimum atomic E-state index is -0.0205. The zero-order valence-corrected chi connectivity index (χ0v) is 11.7. The molecule has 0 saturated heterocycles. The number of aromatic amines is 1. The molecule has 102 valence electrons. The van der Waals surface area contributed by atoms with Gasteiger partial charge in [0.05, 0.1) is 18.4 Å². The molecule has 2 N–H and O–H groups in total. The number of aromatic nitrogens is 2. The Labute approximate surface area is 112 Å². The summed E-state index contributed by atoms with van der Waals surface area (Å²) in [7, 11) is 5.17. The average molecular weight is 261 g/mol. The Morgan fingerprint density at radius 1 is 1.42 bits per heavy atom. The van der Waals surface area contributed by atoms with E-state index in [2.05, 4.69) is 10.4 Å². The van der Waals surface area contributed by atoms with Crippen LogP contribution in [-0.2, 0) is 13.6 Å². The lowest BCUT2D eigenvalue weighted by Gasteiger charge is -2.09. The van der Waals surface area contributed by atoms with Crippen LogP contribution in [-0.4, -0.2) is 23.9 Å². The van der Waals surface area contributed by atoms with Gasteiger partial charge in [-0.3, -0.25) is 14.6 Å². The number of ether oxygens (including phenoxy) is 1. The number of nitrogens with one attached hydrogen (secondary N) is 2. The Morgan fingerprint density at radius 2 is 2.16 bits per heavy atom. The van der Waals surface area contributed by atoms with Crippen molar-refractivity contribution in [2.24, 2.45) is 7.05 Å². The van der Waals surface area contributed by atoms with E-state index < -0.39 is 0 Å². The molecule has 5 heteroatoms. The summed E-state index contributed by atoms with van der Waals surface area (Å²) in [5.41, 5.74) is 3.53. The first-order valence-corrected chi connectivity index (χ1v) is 6.16. The molecule has 0 atom stereocenters. The zero-order chi connectivity index (χ0) is 14.0. The fourth-order valence-electron chi connectivity index (χ4n) is 2.18. The van der Waals surface area contributed by atoms with E-state index in [0.29, 0.717) is 12.1 Å². The van der Waals surface area contributed by atoms with E-state index in [4.69, 9.17) is 4.74 Å². The fraction of sp³-hybridized carbons (Fsp3) is 0.357. The van der Waals surface area contributed by atoms with Crippen molar-refractivity contribution in [3.63, 3.8) is 0 Å². The van der Waals surface area contributed by atoms with Crippen LogP contribution < -0.4 is 15.6 Å². The van der Waals surface area contributed by atoms with Crippen LogP contribution in [0.2, 0.25) is 0 Å². The highest BCUT2D eigenvalue weighted by molar-refractivity contribution is 5.70. The van der Waals surface area contributed by atoms with Gasteiger partial charge in [0.25, 0.3) is 5.56 Å².